The molecule has 0 fully saturated rings. The van der Waals surface area contributed by atoms with Gasteiger partial charge >= 0.3 is 59.1 Å². The van der Waals surface area contributed by atoms with Crippen molar-refractivity contribution in [2.45, 2.75) is 4.21 Å². The summed E-state index contributed by atoms with van der Waals surface area (Å²) in [7, 11) is 0. The van der Waals surface area contributed by atoms with Gasteiger partial charge in [0.15, 0.2) is 0 Å². The average molecular weight is 347 g/mol. The minimum atomic E-state index is -0.431. The summed E-state index contributed by atoms with van der Waals surface area (Å²) >= 11 is 16.9. The summed E-state index contributed by atoms with van der Waals surface area (Å²) in [5, 5.41) is 12.4. The molecule has 0 amide bonds. The van der Waals surface area contributed by atoms with Crippen molar-refractivity contribution in [3.63, 3.8) is 0 Å². The van der Waals surface area contributed by atoms with Gasteiger partial charge in [0.1, 0.15) is 4.64 Å². The van der Waals surface area contributed by atoms with E-state index in [1.165, 1.54) is 0 Å². The quantitative estimate of drug-likeness (QED) is 0.205. The van der Waals surface area contributed by atoms with Gasteiger partial charge in [-0.3, -0.25) is 16.5 Å². The molecule has 0 spiro atoms. The third-order valence-electron chi connectivity index (χ3n) is 1.94. The first-order chi connectivity index (χ1) is 8.08. The first kappa shape index (κ1) is 20.1. The van der Waals surface area contributed by atoms with Crippen LogP contribution in [0, 0.1) is 4.64 Å². The number of hydrogen-bond acceptors (Lipinski definition) is 5. The molecule has 0 radical (unpaired) electrons. The van der Waals surface area contributed by atoms with Gasteiger partial charge in [0.05, 0.1) is 5.69 Å². The van der Waals surface area contributed by atoms with Gasteiger partial charge in [-0.1, -0.05) is 28.0 Å². The van der Waals surface area contributed by atoms with E-state index in [1.54, 1.807) is 24.3 Å². The van der Waals surface area contributed by atoms with Crippen LogP contribution in [-0.2, 0) is 12.6 Å². The van der Waals surface area contributed by atoms with Crippen molar-refractivity contribution in [1.29, 1.82) is 0 Å². The number of aliphatic imine (C=N–C) groups is 1. The van der Waals surface area contributed by atoms with E-state index in [1.807, 2.05) is 0 Å². The summed E-state index contributed by atoms with van der Waals surface area (Å²) in [5.41, 5.74) is 0.810. The smallest absolute Gasteiger partial charge is 0.858 e. The minimum absolute atomic E-state index is 0. The fraction of sp³-hybridized carbons (Fsp3) is 0. The van der Waals surface area contributed by atoms with Crippen LogP contribution >= 0.6 is 35.4 Å². The predicted molar refractivity (Wildman–Crippen MR) is 72.8 cm³/mol. The molecule has 0 saturated heterocycles. The number of halogens is 1. The normalized spacial score (nSPS) is 10.5. The van der Waals surface area contributed by atoms with E-state index in [4.69, 9.17) is 36.4 Å². The number of aromatic nitrogens is 1. The molecule has 1 aromatic carbocycles. The fourth-order valence-electron chi connectivity index (χ4n) is 1.16. The Labute approximate surface area is 174 Å². The van der Waals surface area contributed by atoms with Crippen molar-refractivity contribution in [2.75, 3.05) is 0 Å². The fourth-order valence-corrected chi connectivity index (χ4v) is 2.62. The van der Waals surface area contributed by atoms with Crippen LogP contribution < -0.4 is 64.2 Å². The van der Waals surface area contributed by atoms with Gasteiger partial charge in [-0.2, -0.15) is 0 Å². The maximum absolute atomic E-state index is 11.9. The molecule has 88 valence electrons. The molecule has 1 heterocycles. The Hall–Kier alpha value is 1.05. The summed E-state index contributed by atoms with van der Waals surface area (Å²) in [5.74, 6) is -0.431. The van der Waals surface area contributed by atoms with Crippen LogP contribution in [0.5, 0.6) is 0 Å². The van der Waals surface area contributed by atoms with Crippen molar-refractivity contribution in [3.8, 4) is 0 Å². The number of benzene rings is 1. The first-order valence-corrected chi connectivity index (χ1v) is 6.49. The maximum atomic E-state index is 11.9. The van der Waals surface area contributed by atoms with E-state index < -0.39 is 5.90 Å². The van der Waals surface area contributed by atoms with Crippen LogP contribution in [0.3, 0.4) is 0 Å². The molecule has 0 aliphatic rings. The standard InChI is InChI=1S/C10H7ClN2OS3.2Na/c11-5-1-3-6(4-2-5)12-8(14)7-9(15)13-17-10(7)16;;/h1-4,16H,(H,12,14)(H,13,15);;/q;2*+1/p-2. The van der Waals surface area contributed by atoms with Gasteiger partial charge in [-0.15, -0.1) is 0 Å². The van der Waals surface area contributed by atoms with Crippen molar-refractivity contribution in [2.24, 2.45) is 4.99 Å². The van der Waals surface area contributed by atoms with Gasteiger partial charge < -0.3 is 22.1 Å². The van der Waals surface area contributed by atoms with Crippen LogP contribution in [0.2, 0.25) is 5.02 Å². The van der Waals surface area contributed by atoms with Gasteiger partial charge in [-0.25, -0.2) is 0 Å². The Morgan fingerprint density at radius 3 is 2.37 bits per heavy atom. The Balaban J connectivity index is 0.00000162. The molecule has 9 heteroatoms. The van der Waals surface area contributed by atoms with Crippen molar-refractivity contribution >= 4 is 59.6 Å². The molecule has 1 N–H and O–H groups in total. The Bertz CT molecular complexity index is 624. The number of nitrogens with one attached hydrogen (secondary N) is 1. The van der Waals surface area contributed by atoms with E-state index in [0.29, 0.717) is 19.6 Å². The molecular weight excluding hydrogens is 342 g/mol. The van der Waals surface area contributed by atoms with E-state index >= 15 is 0 Å². The molecule has 0 aliphatic heterocycles. The number of rotatable bonds is 2. The van der Waals surface area contributed by atoms with E-state index in [-0.39, 0.29) is 64.7 Å². The monoisotopic (exact) mass is 346 g/mol. The summed E-state index contributed by atoms with van der Waals surface area (Å²) in [6.45, 7) is 0. The van der Waals surface area contributed by atoms with Crippen LogP contribution in [-0.4, -0.2) is 10.3 Å². The van der Waals surface area contributed by atoms with Crippen LogP contribution in [0.1, 0.15) is 5.56 Å². The van der Waals surface area contributed by atoms with Crippen LogP contribution in [0.15, 0.2) is 33.5 Å². The van der Waals surface area contributed by atoms with Gasteiger partial charge in [0.2, 0.25) is 0 Å². The Morgan fingerprint density at radius 1 is 1.32 bits per heavy atom. The predicted octanol–water partition coefficient (Wildman–Crippen LogP) is -3.19. The largest absolute Gasteiger partial charge is 1.00 e. The Kier molecular flexibility index (Phi) is 9.65. The number of aromatic amines is 1. The summed E-state index contributed by atoms with van der Waals surface area (Å²) in [6, 6.07) is 6.64. The van der Waals surface area contributed by atoms with E-state index in [9.17, 15) is 5.11 Å². The molecule has 3 nitrogen and oxygen atoms in total. The SMILES string of the molecule is [Na+].[Na+].[O-]C(=Nc1ccc(Cl)cc1)c1c([S-])s[nH]c1=S. The zero-order chi connectivity index (χ0) is 12.4. The molecule has 0 bridgehead atoms. The average Bonchev–Trinajstić information content (AvgIpc) is 2.62. The van der Waals surface area contributed by atoms with Crippen molar-refractivity contribution < 1.29 is 64.2 Å². The van der Waals surface area contributed by atoms with Crippen molar-refractivity contribution in [3.05, 3.63) is 39.5 Å². The molecular formula is C10H5ClN2Na2OS3. The maximum Gasteiger partial charge on any atom is 1.00 e. The van der Waals surface area contributed by atoms with Gasteiger partial charge in [-0.05, 0) is 30.2 Å². The molecule has 0 unspecified atom stereocenters. The van der Waals surface area contributed by atoms with Crippen LogP contribution in [0.4, 0.5) is 5.69 Å². The molecule has 0 saturated carbocycles. The topological polar surface area (TPSA) is 51.2 Å². The van der Waals surface area contributed by atoms with Crippen LogP contribution in [0.25, 0.3) is 0 Å². The summed E-state index contributed by atoms with van der Waals surface area (Å²) in [4.78, 5) is 3.92. The van der Waals surface area contributed by atoms with Crippen molar-refractivity contribution in [1.82, 2.24) is 4.37 Å². The molecule has 0 atom stereocenters. The third-order valence-corrected chi connectivity index (χ3v) is 3.78. The molecule has 0 aliphatic carbocycles. The zero-order valence-electron chi connectivity index (χ0n) is 10.3. The molecule has 2 aromatic rings. The second-order valence-corrected chi connectivity index (χ2v) is 5.42. The second-order valence-electron chi connectivity index (χ2n) is 3.09. The third kappa shape index (κ3) is 5.39. The van der Waals surface area contributed by atoms with Gasteiger partial charge in [0.25, 0.3) is 0 Å². The van der Waals surface area contributed by atoms with E-state index in [0.717, 1.165) is 11.5 Å². The summed E-state index contributed by atoms with van der Waals surface area (Å²) < 4.78 is 3.53. The number of nitrogens with zero attached hydrogens (tertiary/aromatic N) is 1. The molecule has 2 rings (SSSR count). The minimum Gasteiger partial charge on any atom is -0.858 e. The zero-order valence-corrected chi connectivity index (χ0v) is 17.5. The second kappa shape index (κ2) is 9.15. The number of hydrogen-bond donors (Lipinski definition) is 1. The Morgan fingerprint density at radius 2 is 1.89 bits per heavy atom. The van der Waals surface area contributed by atoms with E-state index in [2.05, 4.69) is 9.37 Å². The molecule has 19 heavy (non-hydrogen) atoms. The molecule has 1 aromatic heterocycles. The van der Waals surface area contributed by atoms with Gasteiger partial charge in [0, 0.05) is 10.6 Å². The number of H-pyrrole nitrogens is 1. The first-order valence-electron chi connectivity index (χ1n) is 4.48. The summed E-state index contributed by atoms with van der Waals surface area (Å²) in [6.07, 6.45) is 0.